The molecule has 0 saturated carbocycles. The van der Waals surface area contributed by atoms with Crippen LogP contribution in [0.3, 0.4) is 0 Å². The van der Waals surface area contributed by atoms with Crippen molar-refractivity contribution in [3.05, 3.63) is 0 Å². The van der Waals surface area contributed by atoms with Gasteiger partial charge in [0.25, 0.3) is 0 Å². The van der Waals surface area contributed by atoms with Crippen LogP contribution in [0.15, 0.2) is 0 Å². The summed E-state index contributed by atoms with van der Waals surface area (Å²) in [5.74, 6) is 0.473. The zero-order valence-corrected chi connectivity index (χ0v) is 18.9. The maximum atomic E-state index is 10.7. The van der Waals surface area contributed by atoms with Gasteiger partial charge in [-0.25, -0.2) is 4.79 Å². The first kappa shape index (κ1) is 26.5. The normalized spacial score (nSPS) is 13.4. The van der Waals surface area contributed by atoms with Crippen LogP contribution in [0.25, 0.3) is 0 Å². The molecular weight excluding hydrogens is 332 g/mol. The first-order chi connectivity index (χ1) is 13.3. The molecule has 0 aromatic carbocycles. The molecule has 0 fully saturated rings. The zero-order valence-electron chi connectivity index (χ0n) is 18.9. The molecule has 2 nitrogen and oxygen atoms in total. The number of unbranched alkanes of at least 4 members (excludes halogenated alkanes) is 15. The van der Waals surface area contributed by atoms with Crippen LogP contribution in [0.5, 0.6) is 0 Å². The van der Waals surface area contributed by atoms with Crippen molar-refractivity contribution in [2.75, 3.05) is 0 Å². The second-order valence-corrected chi connectivity index (χ2v) is 8.60. The van der Waals surface area contributed by atoms with Gasteiger partial charge in [-0.2, -0.15) is 0 Å². The van der Waals surface area contributed by atoms with Gasteiger partial charge in [0.2, 0.25) is 0 Å². The number of hydrogen-bond acceptors (Lipinski definition) is 2. The molecule has 0 amide bonds. The van der Waals surface area contributed by atoms with Crippen LogP contribution in [-0.4, -0.2) is 12.6 Å². The molecule has 2 unspecified atom stereocenters. The molecule has 0 aliphatic rings. The van der Waals surface area contributed by atoms with Crippen molar-refractivity contribution in [2.45, 2.75) is 149 Å². The summed E-state index contributed by atoms with van der Waals surface area (Å²) in [5.41, 5.74) is 0. The van der Waals surface area contributed by atoms with Gasteiger partial charge in [-0.05, 0) is 25.2 Å². The minimum atomic E-state index is 0.0803. The molecule has 1 radical (unpaired) electrons. The lowest BCUT2D eigenvalue weighted by atomic mass is 9.93. The smallest absolute Gasteiger partial charge is 0.417 e. The lowest BCUT2D eigenvalue weighted by Gasteiger charge is -2.22. The summed E-state index contributed by atoms with van der Waals surface area (Å²) in [6.07, 6.45) is 25.2. The Hall–Kier alpha value is -0.530. The van der Waals surface area contributed by atoms with Gasteiger partial charge in [-0.1, -0.05) is 124 Å². The molecule has 161 valence electrons. The van der Waals surface area contributed by atoms with E-state index in [9.17, 15) is 4.79 Å². The van der Waals surface area contributed by atoms with E-state index >= 15 is 0 Å². The lowest BCUT2D eigenvalue weighted by Crippen LogP contribution is -2.21. The Kier molecular flexibility index (Phi) is 21.3. The molecular formula is C25H49O2. The maximum absolute atomic E-state index is 10.7. The highest BCUT2D eigenvalue weighted by atomic mass is 16.5. The molecule has 0 rings (SSSR count). The van der Waals surface area contributed by atoms with Gasteiger partial charge in [-0.15, -0.1) is 0 Å². The molecule has 0 spiro atoms. The van der Waals surface area contributed by atoms with Gasteiger partial charge < -0.3 is 4.74 Å². The molecule has 0 heterocycles. The van der Waals surface area contributed by atoms with Crippen LogP contribution in [0.2, 0.25) is 0 Å². The first-order valence-corrected chi connectivity index (χ1v) is 12.3. The standard InChI is InChI=1S/C25H49O2/c1-4-6-8-10-12-13-14-15-16-18-20-22-25(27-23-26)24(3)21-19-17-11-9-7-5-2/h24-25H,4-22H2,1-3H3. The quantitative estimate of drug-likeness (QED) is 0.176. The summed E-state index contributed by atoms with van der Waals surface area (Å²) in [5, 5.41) is 0. The van der Waals surface area contributed by atoms with E-state index in [4.69, 9.17) is 4.74 Å². The fourth-order valence-corrected chi connectivity index (χ4v) is 3.96. The summed E-state index contributed by atoms with van der Waals surface area (Å²) in [6.45, 7) is 8.48. The maximum Gasteiger partial charge on any atom is 0.417 e. The van der Waals surface area contributed by atoms with E-state index in [0.29, 0.717) is 5.92 Å². The Labute approximate surface area is 171 Å². The van der Waals surface area contributed by atoms with E-state index in [2.05, 4.69) is 20.8 Å². The van der Waals surface area contributed by atoms with Crippen molar-refractivity contribution in [3.8, 4) is 0 Å². The Morgan fingerprint density at radius 2 is 0.963 bits per heavy atom. The number of carbonyl (C=O) groups excluding carboxylic acids is 1. The summed E-state index contributed by atoms with van der Waals surface area (Å²) < 4.78 is 5.29. The SMILES string of the molecule is CCCCCCCCCCCCCC(O[C]=O)C(C)CCCCCCCC. The van der Waals surface area contributed by atoms with Crippen LogP contribution in [-0.2, 0) is 9.53 Å². The van der Waals surface area contributed by atoms with E-state index < -0.39 is 0 Å². The van der Waals surface area contributed by atoms with Crippen LogP contribution in [0.1, 0.15) is 143 Å². The van der Waals surface area contributed by atoms with E-state index in [1.807, 2.05) is 0 Å². The van der Waals surface area contributed by atoms with E-state index in [1.165, 1.54) is 116 Å². The third-order valence-corrected chi connectivity index (χ3v) is 5.94. The lowest BCUT2D eigenvalue weighted by molar-refractivity contribution is 0.105. The highest BCUT2D eigenvalue weighted by Gasteiger charge is 2.18. The summed E-state index contributed by atoms with van der Waals surface area (Å²) >= 11 is 0. The van der Waals surface area contributed by atoms with Crippen LogP contribution < -0.4 is 0 Å². The third kappa shape index (κ3) is 18.6. The van der Waals surface area contributed by atoms with E-state index in [-0.39, 0.29) is 6.10 Å². The first-order valence-electron chi connectivity index (χ1n) is 12.3. The van der Waals surface area contributed by atoms with Gasteiger partial charge in [0, 0.05) is 0 Å². The number of hydrogen-bond donors (Lipinski definition) is 0. The molecule has 27 heavy (non-hydrogen) atoms. The van der Waals surface area contributed by atoms with Crippen molar-refractivity contribution in [2.24, 2.45) is 5.92 Å². The van der Waals surface area contributed by atoms with Gasteiger partial charge in [-0.3, -0.25) is 0 Å². The van der Waals surface area contributed by atoms with Gasteiger partial charge in [0.1, 0.15) is 6.10 Å². The Bertz CT molecular complexity index is 290. The van der Waals surface area contributed by atoms with Crippen molar-refractivity contribution in [3.63, 3.8) is 0 Å². The van der Waals surface area contributed by atoms with Crippen LogP contribution in [0.4, 0.5) is 0 Å². The van der Waals surface area contributed by atoms with Crippen LogP contribution in [0, 0.1) is 5.92 Å². The van der Waals surface area contributed by atoms with E-state index in [1.54, 1.807) is 6.47 Å². The largest absolute Gasteiger partial charge is 0.454 e. The molecule has 2 atom stereocenters. The Balaban J connectivity index is 3.60. The van der Waals surface area contributed by atoms with Crippen molar-refractivity contribution < 1.29 is 9.53 Å². The zero-order chi connectivity index (χ0) is 20.0. The molecule has 0 N–H and O–H groups in total. The molecule has 0 saturated heterocycles. The monoisotopic (exact) mass is 381 g/mol. The Morgan fingerprint density at radius 3 is 1.37 bits per heavy atom. The number of rotatable bonds is 22. The fourth-order valence-electron chi connectivity index (χ4n) is 3.96. The molecule has 0 bridgehead atoms. The predicted molar refractivity (Wildman–Crippen MR) is 119 cm³/mol. The van der Waals surface area contributed by atoms with Crippen molar-refractivity contribution >= 4 is 6.47 Å². The molecule has 0 aromatic rings. The number of ether oxygens (including phenoxy) is 1. The highest BCUT2D eigenvalue weighted by molar-refractivity contribution is 5.38. The fraction of sp³-hybridized carbons (Fsp3) is 0.960. The van der Waals surface area contributed by atoms with Crippen molar-refractivity contribution in [1.29, 1.82) is 0 Å². The summed E-state index contributed by atoms with van der Waals surface area (Å²) in [4.78, 5) is 10.7. The average Bonchev–Trinajstić information content (AvgIpc) is 2.67. The minimum Gasteiger partial charge on any atom is -0.454 e. The van der Waals surface area contributed by atoms with Gasteiger partial charge in [0.15, 0.2) is 0 Å². The second kappa shape index (κ2) is 21.8. The minimum absolute atomic E-state index is 0.0803. The average molecular weight is 382 g/mol. The summed E-state index contributed by atoms with van der Waals surface area (Å²) in [7, 11) is 0. The van der Waals surface area contributed by atoms with Gasteiger partial charge in [0.05, 0.1) is 0 Å². The third-order valence-electron chi connectivity index (χ3n) is 5.94. The predicted octanol–water partition coefficient (Wildman–Crippen LogP) is 8.53. The topological polar surface area (TPSA) is 26.3 Å². The van der Waals surface area contributed by atoms with Crippen LogP contribution >= 0.6 is 0 Å². The second-order valence-electron chi connectivity index (χ2n) is 8.60. The molecule has 2 heteroatoms. The molecule has 0 aliphatic carbocycles. The van der Waals surface area contributed by atoms with Gasteiger partial charge >= 0.3 is 6.47 Å². The molecule has 0 aromatic heterocycles. The molecule has 0 aliphatic heterocycles. The highest BCUT2D eigenvalue weighted by Crippen LogP contribution is 2.21. The van der Waals surface area contributed by atoms with Crippen molar-refractivity contribution in [1.82, 2.24) is 0 Å². The Morgan fingerprint density at radius 1 is 0.593 bits per heavy atom. The van der Waals surface area contributed by atoms with E-state index in [0.717, 1.165) is 6.42 Å². The summed E-state index contributed by atoms with van der Waals surface area (Å²) in [6, 6.07) is 0.